The number of hydrogen-bond acceptors (Lipinski definition) is 5. The lowest BCUT2D eigenvalue weighted by Gasteiger charge is -2.29. The summed E-state index contributed by atoms with van der Waals surface area (Å²) in [6, 6.07) is 4.17. The van der Waals surface area contributed by atoms with Gasteiger partial charge in [-0.3, -0.25) is 14.4 Å². The molecule has 164 valence electrons. The number of halogens is 1. The minimum Gasteiger partial charge on any atom is -0.384 e. The molecule has 1 heterocycles. The molecule has 30 heavy (non-hydrogen) atoms. The summed E-state index contributed by atoms with van der Waals surface area (Å²) in [7, 11) is 1.54. The highest BCUT2D eigenvalue weighted by molar-refractivity contribution is 6.38. The number of rotatable bonds is 9. The number of carbonyl (C=O) groups excluding carboxylic acids is 3. The summed E-state index contributed by atoms with van der Waals surface area (Å²) in [5.74, 6) is -2.29. The molecule has 1 unspecified atom stereocenters. The molecule has 2 amide bonds. The van der Waals surface area contributed by atoms with E-state index < -0.39 is 23.4 Å². The summed E-state index contributed by atoms with van der Waals surface area (Å²) in [4.78, 5) is 39.9. The molecule has 8 heteroatoms. The van der Waals surface area contributed by atoms with Crippen LogP contribution < -0.4 is 10.6 Å². The van der Waals surface area contributed by atoms with Crippen LogP contribution in [0.5, 0.6) is 0 Å². The molecule has 0 aromatic heterocycles. The first kappa shape index (κ1) is 22.2. The summed E-state index contributed by atoms with van der Waals surface area (Å²) < 4.78 is 18.4. The van der Waals surface area contributed by atoms with Crippen molar-refractivity contribution in [3.8, 4) is 0 Å². The van der Waals surface area contributed by atoms with E-state index in [1.54, 1.807) is 13.2 Å². The van der Waals surface area contributed by atoms with Gasteiger partial charge in [-0.1, -0.05) is 25.3 Å². The lowest BCUT2D eigenvalue weighted by molar-refractivity contribution is -0.147. The molecule has 7 nitrogen and oxygen atoms in total. The molecular formula is C22H30FN3O4. The third kappa shape index (κ3) is 5.56. The Bertz CT molecular complexity index is 780. The molecule has 0 saturated heterocycles. The standard InChI is InChI=1S/C22H30FN3O4/c1-30-10-9-24-20(27)14-26(13-15-5-3-2-4-6-15)22(29)21(28)18-12-25-19-11-16(23)7-8-17(18)19/h7-8,11,15,18,25H,2-6,9-10,12-14H2,1H3,(H,24,27). The number of Topliss-reactive ketones (excluding diaryl/α,β-unsaturated/α-hetero) is 1. The van der Waals surface area contributed by atoms with Crippen molar-refractivity contribution in [3.63, 3.8) is 0 Å². The number of benzene rings is 1. The summed E-state index contributed by atoms with van der Waals surface area (Å²) in [6.07, 6.45) is 5.38. The fraction of sp³-hybridized carbons (Fsp3) is 0.591. The molecule has 3 rings (SSSR count). The van der Waals surface area contributed by atoms with E-state index in [4.69, 9.17) is 4.74 Å². The predicted octanol–water partition coefficient (Wildman–Crippen LogP) is 2.08. The van der Waals surface area contributed by atoms with Crippen LogP contribution in [0.1, 0.15) is 43.6 Å². The zero-order valence-electron chi connectivity index (χ0n) is 17.4. The van der Waals surface area contributed by atoms with Crippen molar-refractivity contribution in [3.05, 3.63) is 29.6 Å². The van der Waals surface area contributed by atoms with Crippen LogP contribution in [0.2, 0.25) is 0 Å². The Labute approximate surface area is 176 Å². The largest absolute Gasteiger partial charge is 0.384 e. The van der Waals surface area contributed by atoms with Gasteiger partial charge in [-0.05, 0) is 36.5 Å². The molecule has 1 saturated carbocycles. The van der Waals surface area contributed by atoms with Crippen molar-refractivity contribution in [2.75, 3.05) is 45.2 Å². The zero-order valence-corrected chi connectivity index (χ0v) is 17.4. The van der Waals surface area contributed by atoms with E-state index in [9.17, 15) is 18.8 Å². The van der Waals surface area contributed by atoms with Gasteiger partial charge in [0.05, 0.1) is 19.1 Å². The number of nitrogens with one attached hydrogen (secondary N) is 2. The number of carbonyl (C=O) groups is 3. The summed E-state index contributed by atoms with van der Waals surface area (Å²) in [5.41, 5.74) is 1.16. The number of nitrogens with zero attached hydrogens (tertiary/aromatic N) is 1. The molecule has 0 bridgehead atoms. The maximum absolute atomic E-state index is 13.5. The Hall–Kier alpha value is -2.48. The van der Waals surface area contributed by atoms with Gasteiger partial charge in [0.15, 0.2) is 0 Å². The number of ketones is 1. The number of hydrogen-bond donors (Lipinski definition) is 2. The van der Waals surface area contributed by atoms with Crippen molar-refractivity contribution in [2.24, 2.45) is 5.92 Å². The van der Waals surface area contributed by atoms with Crippen LogP contribution in [-0.4, -0.2) is 62.4 Å². The molecule has 2 N–H and O–H groups in total. The van der Waals surface area contributed by atoms with E-state index in [0.29, 0.717) is 36.9 Å². The quantitative estimate of drug-likeness (QED) is 0.473. The van der Waals surface area contributed by atoms with Gasteiger partial charge in [0.1, 0.15) is 5.82 Å². The Morgan fingerprint density at radius 1 is 1.23 bits per heavy atom. The second kappa shape index (κ2) is 10.5. The molecule has 1 atom stereocenters. The minimum absolute atomic E-state index is 0.152. The second-order valence-corrected chi connectivity index (χ2v) is 8.06. The maximum atomic E-state index is 13.5. The lowest BCUT2D eigenvalue weighted by Crippen LogP contribution is -2.47. The maximum Gasteiger partial charge on any atom is 0.291 e. The van der Waals surface area contributed by atoms with Gasteiger partial charge in [-0.2, -0.15) is 0 Å². The van der Waals surface area contributed by atoms with E-state index in [0.717, 1.165) is 25.7 Å². The number of methoxy groups -OCH3 is 1. The van der Waals surface area contributed by atoms with Gasteiger partial charge in [0, 0.05) is 32.4 Å². The van der Waals surface area contributed by atoms with Crippen molar-refractivity contribution in [1.82, 2.24) is 10.2 Å². The molecule has 1 aromatic carbocycles. The van der Waals surface area contributed by atoms with Crippen molar-refractivity contribution >= 4 is 23.3 Å². The van der Waals surface area contributed by atoms with Crippen molar-refractivity contribution in [1.29, 1.82) is 0 Å². The van der Waals surface area contributed by atoms with Crippen LogP contribution in [0.15, 0.2) is 18.2 Å². The first-order valence-electron chi connectivity index (χ1n) is 10.6. The van der Waals surface area contributed by atoms with Gasteiger partial charge >= 0.3 is 0 Å². The Morgan fingerprint density at radius 2 is 2.00 bits per heavy atom. The molecule has 0 radical (unpaired) electrons. The summed E-state index contributed by atoms with van der Waals surface area (Å²) in [5, 5.41) is 5.71. The SMILES string of the molecule is COCCNC(=O)CN(CC1CCCCC1)C(=O)C(=O)C1CNc2cc(F)ccc21. The highest BCUT2D eigenvalue weighted by Crippen LogP contribution is 2.33. The average molecular weight is 419 g/mol. The number of fused-ring (bicyclic) bond motifs is 1. The van der Waals surface area contributed by atoms with Gasteiger partial charge in [0.2, 0.25) is 11.7 Å². The Kier molecular flexibility index (Phi) is 7.79. The fourth-order valence-corrected chi connectivity index (χ4v) is 4.27. The van der Waals surface area contributed by atoms with Crippen LogP contribution in [0.4, 0.5) is 10.1 Å². The fourth-order valence-electron chi connectivity index (χ4n) is 4.27. The summed E-state index contributed by atoms with van der Waals surface area (Å²) in [6.45, 7) is 1.23. The first-order valence-corrected chi connectivity index (χ1v) is 10.6. The van der Waals surface area contributed by atoms with E-state index in [1.807, 2.05) is 0 Å². The molecule has 2 aliphatic rings. The van der Waals surface area contributed by atoms with E-state index in [2.05, 4.69) is 10.6 Å². The van der Waals surface area contributed by atoms with Crippen LogP contribution >= 0.6 is 0 Å². The zero-order chi connectivity index (χ0) is 21.5. The van der Waals surface area contributed by atoms with Gasteiger partial charge in [-0.25, -0.2) is 4.39 Å². The Balaban J connectivity index is 1.70. The molecule has 0 spiro atoms. The highest BCUT2D eigenvalue weighted by atomic mass is 19.1. The van der Waals surface area contributed by atoms with Crippen molar-refractivity contribution in [2.45, 2.75) is 38.0 Å². The molecule has 1 aliphatic carbocycles. The molecule has 1 fully saturated rings. The first-order chi connectivity index (χ1) is 14.5. The van der Waals surface area contributed by atoms with E-state index >= 15 is 0 Å². The molecule has 1 aliphatic heterocycles. The van der Waals surface area contributed by atoms with E-state index in [-0.39, 0.29) is 19.0 Å². The number of amides is 2. The highest BCUT2D eigenvalue weighted by Gasteiger charge is 2.36. The normalized spacial score (nSPS) is 18.4. The van der Waals surface area contributed by atoms with Crippen LogP contribution in [0, 0.1) is 11.7 Å². The third-order valence-corrected chi connectivity index (χ3v) is 5.87. The average Bonchev–Trinajstić information content (AvgIpc) is 3.16. The van der Waals surface area contributed by atoms with E-state index in [1.165, 1.54) is 23.5 Å². The number of ether oxygens (including phenoxy) is 1. The lowest BCUT2D eigenvalue weighted by atomic mass is 9.88. The molecule has 1 aromatic rings. The minimum atomic E-state index is -0.668. The molecular weight excluding hydrogens is 389 g/mol. The predicted molar refractivity (Wildman–Crippen MR) is 111 cm³/mol. The topological polar surface area (TPSA) is 87.7 Å². The van der Waals surface area contributed by atoms with Gasteiger partial charge < -0.3 is 20.3 Å². The van der Waals surface area contributed by atoms with Crippen molar-refractivity contribution < 1.29 is 23.5 Å². The number of anilines is 1. The second-order valence-electron chi connectivity index (χ2n) is 8.06. The third-order valence-electron chi connectivity index (χ3n) is 5.87. The van der Waals surface area contributed by atoms with Crippen LogP contribution in [0.3, 0.4) is 0 Å². The van der Waals surface area contributed by atoms with Crippen LogP contribution in [-0.2, 0) is 19.1 Å². The Morgan fingerprint density at radius 3 is 2.73 bits per heavy atom. The van der Waals surface area contributed by atoms with Gasteiger partial charge in [0.25, 0.3) is 5.91 Å². The smallest absolute Gasteiger partial charge is 0.291 e. The van der Waals surface area contributed by atoms with Gasteiger partial charge in [-0.15, -0.1) is 0 Å². The summed E-state index contributed by atoms with van der Waals surface area (Å²) >= 11 is 0. The monoisotopic (exact) mass is 419 g/mol. The van der Waals surface area contributed by atoms with Crippen LogP contribution in [0.25, 0.3) is 0 Å².